The summed E-state index contributed by atoms with van der Waals surface area (Å²) >= 11 is 6.40. The normalized spacial score (nSPS) is 26.9. The molecule has 154 valence electrons. The highest BCUT2D eigenvalue weighted by molar-refractivity contribution is 6.45. The molecule has 0 spiro atoms. The van der Waals surface area contributed by atoms with E-state index in [-0.39, 0.29) is 12.0 Å². The zero-order valence-electron chi connectivity index (χ0n) is 16.1. The Balaban J connectivity index is 1.63. The largest absolute Gasteiger partial charge is 0.494 e. The van der Waals surface area contributed by atoms with Gasteiger partial charge in [-0.2, -0.15) is 0 Å². The van der Waals surface area contributed by atoms with Crippen molar-refractivity contribution in [3.8, 4) is 17.2 Å². The molecule has 0 radical (unpaired) electrons. The lowest BCUT2D eigenvalue weighted by molar-refractivity contribution is 0.179. The predicted octanol–water partition coefficient (Wildman–Crippen LogP) is 2.37. The molecule has 0 bridgehead atoms. The quantitative estimate of drug-likeness (QED) is 0.595. The minimum Gasteiger partial charge on any atom is -0.494 e. The van der Waals surface area contributed by atoms with Crippen LogP contribution in [0.3, 0.4) is 0 Å². The first-order valence-corrected chi connectivity index (χ1v) is 9.86. The number of ether oxygens (including phenoxy) is 1. The Kier molecular flexibility index (Phi) is 5.44. The van der Waals surface area contributed by atoms with E-state index >= 15 is 0 Å². The average Bonchev–Trinajstić information content (AvgIpc) is 3.26. The van der Waals surface area contributed by atoms with Crippen LogP contribution in [-0.2, 0) is 0 Å². The number of benzene rings is 1. The fourth-order valence-electron chi connectivity index (χ4n) is 3.82. The number of anilines is 1. The van der Waals surface area contributed by atoms with E-state index in [1.165, 1.54) is 6.39 Å². The molecule has 1 fully saturated rings. The number of para-hydroxylation sites is 1. The Morgan fingerprint density at radius 2 is 2.10 bits per heavy atom. The van der Waals surface area contributed by atoms with Crippen LogP contribution in [0.5, 0.6) is 5.75 Å². The second-order valence-electron chi connectivity index (χ2n) is 7.29. The van der Waals surface area contributed by atoms with E-state index in [4.69, 9.17) is 37.2 Å². The van der Waals surface area contributed by atoms with Gasteiger partial charge in [0.2, 0.25) is 6.39 Å². The van der Waals surface area contributed by atoms with Crippen molar-refractivity contribution in [3.63, 3.8) is 0 Å². The molecular weight excluding hydrogens is 394 g/mol. The van der Waals surface area contributed by atoms with Crippen LogP contribution in [-0.4, -0.2) is 35.0 Å². The van der Waals surface area contributed by atoms with E-state index in [0.29, 0.717) is 33.8 Å². The van der Waals surface area contributed by atoms with Gasteiger partial charge in [-0.05, 0) is 37.8 Å². The monoisotopic (exact) mass is 417 g/mol. The SMILES string of the molecule is COc1c(NC2=NC(N)([C@H]3CC[C@H](N)CC3)NC=C2Cl)cccc1-c1nnco1. The minimum atomic E-state index is -0.946. The molecule has 0 saturated heterocycles. The molecule has 2 aromatic rings. The van der Waals surface area contributed by atoms with Crippen LogP contribution in [0, 0.1) is 5.92 Å². The molecule has 1 unspecified atom stereocenters. The number of aliphatic imine (C=N–C) groups is 1. The van der Waals surface area contributed by atoms with Gasteiger partial charge in [-0.15, -0.1) is 10.2 Å². The number of hydrogen-bond donors (Lipinski definition) is 4. The number of hydrogen-bond acceptors (Lipinski definition) is 9. The van der Waals surface area contributed by atoms with E-state index in [0.717, 1.165) is 25.7 Å². The molecule has 1 aliphatic carbocycles. The van der Waals surface area contributed by atoms with Gasteiger partial charge in [0.1, 0.15) is 5.84 Å². The van der Waals surface area contributed by atoms with Crippen molar-refractivity contribution in [1.29, 1.82) is 0 Å². The van der Waals surface area contributed by atoms with Crippen molar-refractivity contribution in [2.45, 2.75) is 37.5 Å². The van der Waals surface area contributed by atoms with Gasteiger partial charge < -0.3 is 25.5 Å². The van der Waals surface area contributed by atoms with Crippen molar-refractivity contribution in [2.24, 2.45) is 22.4 Å². The van der Waals surface area contributed by atoms with Crippen LogP contribution in [0.15, 0.2) is 45.2 Å². The number of rotatable bonds is 4. The van der Waals surface area contributed by atoms with Crippen LogP contribution in [0.4, 0.5) is 5.69 Å². The zero-order valence-corrected chi connectivity index (χ0v) is 16.8. The Morgan fingerprint density at radius 3 is 2.79 bits per heavy atom. The van der Waals surface area contributed by atoms with Gasteiger partial charge in [-0.25, -0.2) is 4.99 Å². The second-order valence-corrected chi connectivity index (χ2v) is 7.70. The number of methoxy groups -OCH3 is 1. The topological polar surface area (TPSA) is 137 Å². The first-order chi connectivity index (χ1) is 14.0. The Hall–Kier alpha value is -2.62. The molecule has 1 aliphatic heterocycles. The molecule has 29 heavy (non-hydrogen) atoms. The van der Waals surface area contributed by atoms with Crippen LogP contribution >= 0.6 is 11.6 Å². The highest BCUT2D eigenvalue weighted by Gasteiger charge is 2.38. The lowest BCUT2D eigenvalue weighted by atomic mass is 9.82. The van der Waals surface area contributed by atoms with Gasteiger partial charge in [0, 0.05) is 18.2 Å². The highest BCUT2D eigenvalue weighted by Crippen LogP contribution is 2.37. The molecule has 1 atom stereocenters. The van der Waals surface area contributed by atoms with E-state index in [9.17, 15) is 0 Å². The van der Waals surface area contributed by atoms with Gasteiger partial charge in [-0.1, -0.05) is 17.7 Å². The smallest absolute Gasteiger partial charge is 0.251 e. The highest BCUT2D eigenvalue weighted by atomic mass is 35.5. The number of amidine groups is 1. The molecule has 10 heteroatoms. The number of nitrogens with zero attached hydrogens (tertiary/aromatic N) is 3. The van der Waals surface area contributed by atoms with Gasteiger partial charge in [0.15, 0.2) is 11.5 Å². The van der Waals surface area contributed by atoms with Crippen LogP contribution in [0.2, 0.25) is 0 Å². The van der Waals surface area contributed by atoms with Crippen LogP contribution in [0.1, 0.15) is 25.7 Å². The molecule has 0 amide bonds. The Bertz CT molecular complexity index is 923. The maximum absolute atomic E-state index is 6.62. The van der Waals surface area contributed by atoms with E-state index in [2.05, 4.69) is 20.8 Å². The van der Waals surface area contributed by atoms with E-state index in [1.54, 1.807) is 13.3 Å². The van der Waals surface area contributed by atoms with Crippen LogP contribution < -0.4 is 26.8 Å². The summed E-state index contributed by atoms with van der Waals surface area (Å²) in [6.07, 6.45) is 6.62. The fraction of sp³-hybridized carbons (Fsp3) is 0.421. The summed E-state index contributed by atoms with van der Waals surface area (Å²) in [7, 11) is 1.57. The van der Waals surface area contributed by atoms with Gasteiger partial charge >= 0.3 is 0 Å². The molecule has 1 saturated carbocycles. The average molecular weight is 418 g/mol. The third-order valence-electron chi connectivity index (χ3n) is 5.41. The maximum Gasteiger partial charge on any atom is 0.251 e. The van der Waals surface area contributed by atoms with Gasteiger partial charge in [0.25, 0.3) is 5.89 Å². The van der Waals surface area contributed by atoms with Crippen molar-refractivity contribution in [3.05, 3.63) is 35.8 Å². The zero-order chi connectivity index (χ0) is 20.4. The number of halogens is 1. The molecule has 6 N–H and O–H groups in total. The lowest BCUT2D eigenvalue weighted by Crippen LogP contribution is -2.59. The molecule has 9 nitrogen and oxygen atoms in total. The molecule has 2 aliphatic rings. The molecule has 1 aromatic carbocycles. The maximum atomic E-state index is 6.62. The molecule has 1 aromatic heterocycles. The minimum absolute atomic E-state index is 0.159. The summed E-state index contributed by atoms with van der Waals surface area (Å²) in [5.74, 6) is 0.563. The summed E-state index contributed by atoms with van der Waals surface area (Å²) in [5.41, 5.74) is 14.0. The summed E-state index contributed by atoms with van der Waals surface area (Å²) < 4.78 is 10.9. The fourth-order valence-corrected chi connectivity index (χ4v) is 3.96. The van der Waals surface area contributed by atoms with Crippen molar-refractivity contribution in [1.82, 2.24) is 15.5 Å². The van der Waals surface area contributed by atoms with Gasteiger partial charge in [0.05, 0.1) is 23.4 Å². The Morgan fingerprint density at radius 1 is 1.31 bits per heavy atom. The van der Waals surface area contributed by atoms with E-state index in [1.807, 2.05) is 18.2 Å². The predicted molar refractivity (Wildman–Crippen MR) is 111 cm³/mol. The second kappa shape index (κ2) is 8.02. The third-order valence-corrected chi connectivity index (χ3v) is 5.70. The van der Waals surface area contributed by atoms with E-state index < -0.39 is 5.79 Å². The van der Waals surface area contributed by atoms with Crippen molar-refractivity contribution in [2.75, 3.05) is 12.4 Å². The first kappa shape index (κ1) is 19.7. The molecule has 4 rings (SSSR count). The number of aromatic nitrogens is 2. The van der Waals surface area contributed by atoms with Crippen molar-refractivity contribution >= 4 is 23.1 Å². The summed E-state index contributed by atoms with van der Waals surface area (Å²) in [4.78, 5) is 4.73. The van der Waals surface area contributed by atoms with Crippen molar-refractivity contribution < 1.29 is 9.15 Å². The summed E-state index contributed by atoms with van der Waals surface area (Å²) in [6.45, 7) is 0. The summed E-state index contributed by atoms with van der Waals surface area (Å²) in [6, 6.07) is 5.76. The Labute approximate surface area is 173 Å². The number of nitrogens with one attached hydrogen (secondary N) is 2. The first-order valence-electron chi connectivity index (χ1n) is 9.49. The standard InChI is InChI=1S/C19H24ClN7O2/c1-28-16-13(18-27-24-10-29-18)3-2-4-15(16)25-17-14(20)9-23-19(22,26-17)11-5-7-12(21)8-6-11/h2-4,9-12,23H,5-8,21-22H2,1H3,(H,25,26)/t11-,12-,19?. The van der Waals surface area contributed by atoms with Crippen LogP contribution in [0.25, 0.3) is 11.5 Å². The third kappa shape index (κ3) is 3.93. The molecular formula is C19H24ClN7O2. The summed E-state index contributed by atoms with van der Waals surface area (Å²) in [5, 5.41) is 14.5. The lowest BCUT2D eigenvalue weighted by Gasteiger charge is -2.40. The van der Waals surface area contributed by atoms with Gasteiger partial charge in [-0.3, -0.25) is 5.73 Å². The number of nitrogens with two attached hydrogens (primary N) is 2. The molecule has 2 heterocycles.